The van der Waals surface area contributed by atoms with Crippen LogP contribution in [0, 0.1) is 12.8 Å². The second-order valence-corrected chi connectivity index (χ2v) is 10.4. The van der Waals surface area contributed by atoms with Crippen molar-refractivity contribution in [3.8, 4) is 0 Å². The van der Waals surface area contributed by atoms with E-state index in [1.807, 2.05) is 18.4 Å². The van der Waals surface area contributed by atoms with Crippen LogP contribution in [0.1, 0.15) is 36.3 Å². The Morgan fingerprint density at radius 2 is 2.10 bits per heavy atom. The van der Waals surface area contributed by atoms with Crippen molar-refractivity contribution in [1.29, 1.82) is 0 Å². The topological polar surface area (TPSA) is 122 Å². The van der Waals surface area contributed by atoms with Crippen molar-refractivity contribution < 1.29 is 23.1 Å². The molecular formula is C19H26N4O5S2. The van der Waals surface area contributed by atoms with Gasteiger partial charge in [0.15, 0.2) is 0 Å². The summed E-state index contributed by atoms with van der Waals surface area (Å²) in [6, 6.07) is 1.84. The summed E-state index contributed by atoms with van der Waals surface area (Å²) < 4.78 is 30.0. The normalized spacial score (nSPS) is 17.1. The number of carbonyl (C=O) groups excluding carboxylic acids is 1. The van der Waals surface area contributed by atoms with Gasteiger partial charge in [0, 0.05) is 32.0 Å². The van der Waals surface area contributed by atoms with Gasteiger partial charge in [-0.2, -0.15) is 4.31 Å². The van der Waals surface area contributed by atoms with E-state index in [2.05, 4.69) is 14.9 Å². The fourth-order valence-corrected chi connectivity index (χ4v) is 6.57. The molecule has 164 valence electrons. The molecular weight excluding hydrogens is 428 g/mol. The van der Waals surface area contributed by atoms with Crippen molar-refractivity contribution in [2.45, 2.75) is 49.9 Å². The van der Waals surface area contributed by atoms with Gasteiger partial charge in [0.05, 0.1) is 18.4 Å². The first kappa shape index (κ1) is 22.4. The number of rotatable bonds is 5. The van der Waals surface area contributed by atoms with Crippen molar-refractivity contribution in [3.05, 3.63) is 34.7 Å². The van der Waals surface area contributed by atoms with Gasteiger partial charge in [0.25, 0.3) is 16.5 Å². The third-order valence-electron chi connectivity index (χ3n) is 5.49. The van der Waals surface area contributed by atoms with E-state index < -0.39 is 10.0 Å². The SMILES string of the molecule is Cc1ccsc1S(=O)(=O)N1CCc2ncc(CNC(=O)C3CCC3)n2CC1.O=CO. The lowest BCUT2D eigenvalue weighted by Gasteiger charge is -2.24. The Kier molecular flexibility index (Phi) is 7.27. The van der Waals surface area contributed by atoms with Gasteiger partial charge in [-0.3, -0.25) is 9.59 Å². The van der Waals surface area contributed by atoms with Crippen LogP contribution in [0.4, 0.5) is 0 Å². The van der Waals surface area contributed by atoms with Crippen LogP contribution in [-0.2, 0) is 39.1 Å². The molecule has 0 radical (unpaired) electrons. The first-order valence-electron chi connectivity index (χ1n) is 9.81. The molecule has 1 fully saturated rings. The number of carbonyl (C=O) groups is 2. The molecule has 2 aromatic rings. The molecule has 0 atom stereocenters. The number of aromatic nitrogens is 2. The maximum Gasteiger partial charge on any atom is 0.290 e. The average Bonchev–Trinajstić information content (AvgIpc) is 3.19. The van der Waals surface area contributed by atoms with E-state index in [9.17, 15) is 13.2 Å². The van der Waals surface area contributed by atoms with Gasteiger partial charge < -0.3 is 15.0 Å². The standard InChI is InChI=1S/C18H24N4O3S2.CH2O2/c1-13-6-10-26-18(13)27(24,25)21-7-5-16-19-11-15(22(16)9-8-21)12-20-17(23)14-3-2-4-14;2-1-3/h6,10-11,14H,2-5,7-9,12H2,1H3,(H,20,23);1H,(H,2,3). The molecule has 0 unspecified atom stereocenters. The molecule has 1 aliphatic heterocycles. The molecule has 2 aromatic heterocycles. The highest BCUT2D eigenvalue weighted by molar-refractivity contribution is 7.91. The zero-order chi connectivity index (χ0) is 21.7. The molecule has 2 aliphatic rings. The van der Waals surface area contributed by atoms with Gasteiger partial charge in [-0.1, -0.05) is 6.42 Å². The van der Waals surface area contributed by atoms with E-state index in [0.29, 0.717) is 36.8 Å². The summed E-state index contributed by atoms with van der Waals surface area (Å²) in [7, 11) is -3.47. The number of thiophene rings is 1. The first-order valence-corrected chi connectivity index (χ1v) is 12.1. The minimum Gasteiger partial charge on any atom is -0.483 e. The maximum absolute atomic E-state index is 13.0. The van der Waals surface area contributed by atoms with Crippen molar-refractivity contribution in [3.63, 3.8) is 0 Å². The van der Waals surface area contributed by atoms with Gasteiger partial charge in [0.1, 0.15) is 10.0 Å². The zero-order valence-corrected chi connectivity index (χ0v) is 18.4. The molecule has 30 heavy (non-hydrogen) atoms. The van der Waals surface area contributed by atoms with Crippen LogP contribution < -0.4 is 5.32 Å². The van der Waals surface area contributed by atoms with Crippen LogP contribution in [0.25, 0.3) is 0 Å². The first-order chi connectivity index (χ1) is 14.4. The number of imidazole rings is 1. The Hall–Kier alpha value is -2.24. The Balaban J connectivity index is 0.000000806. The minimum atomic E-state index is -3.47. The maximum atomic E-state index is 13.0. The van der Waals surface area contributed by atoms with Crippen LogP contribution in [0.2, 0.25) is 0 Å². The average molecular weight is 455 g/mol. The van der Waals surface area contributed by atoms with Crippen LogP contribution in [0.15, 0.2) is 21.9 Å². The van der Waals surface area contributed by atoms with E-state index in [1.54, 1.807) is 10.5 Å². The van der Waals surface area contributed by atoms with Gasteiger partial charge >= 0.3 is 0 Å². The fraction of sp³-hybridized carbons (Fsp3) is 0.526. The number of nitrogens with one attached hydrogen (secondary N) is 1. The summed E-state index contributed by atoms with van der Waals surface area (Å²) in [4.78, 5) is 24.9. The number of sulfonamides is 1. The predicted octanol–water partition coefficient (Wildman–Crippen LogP) is 1.62. The van der Waals surface area contributed by atoms with Gasteiger partial charge in [-0.25, -0.2) is 13.4 Å². The molecule has 1 aliphatic carbocycles. The highest BCUT2D eigenvalue weighted by atomic mass is 32.2. The third-order valence-corrected chi connectivity index (χ3v) is 9.05. The molecule has 4 rings (SSSR count). The summed E-state index contributed by atoms with van der Waals surface area (Å²) in [5.74, 6) is 1.15. The van der Waals surface area contributed by atoms with Crippen LogP contribution in [0.5, 0.6) is 0 Å². The molecule has 0 spiro atoms. The van der Waals surface area contributed by atoms with E-state index in [-0.39, 0.29) is 18.3 Å². The zero-order valence-electron chi connectivity index (χ0n) is 16.8. The van der Waals surface area contributed by atoms with Crippen LogP contribution >= 0.6 is 11.3 Å². The van der Waals surface area contributed by atoms with Crippen LogP contribution in [-0.4, -0.2) is 52.8 Å². The lowest BCUT2D eigenvalue weighted by Crippen LogP contribution is -2.35. The smallest absolute Gasteiger partial charge is 0.290 e. The third kappa shape index (κ3) is 4.73. The highest BCUT2D eigenvalue weighted by Gasteiger charge is 2.30. The van der Waals surface area contributed by atoms with E-state index in [1.165, 1.54) is 11.3 Å². The van der Waals surface area contributed by atoms with Gasteiger partial charge in [-0.05, 0) is 36.8 Å². The second kappa shape index (κ2) is 9.71. The summed E-state index contributed by atoms with van der Waals surface area (Å²) in [5, 5.41) is 11.7. The molecule has 11 heteroatoms. The number of hydrogen-bond acceptors (Lipinski definition) is 6. The summed E-state index contributed by atoms with van der Waals surface area (Å²) in [6.07, 6.45) is 5.45. The number of hydrogen-bond donors (Lipinski definition) is 2. The number of aryl methyl sites for hydroxylation is 1. The number of nitrogens with zero attached hydrogens (tertiary/aromatic N) is 3. The summed E-state index contributed by atoms with van der Waals surface area (Å²) >= 11 is 1.27. The van der Waals surface area contributed by atoms with E-state index >= 15 is 0 Å². The number of carboxylic acid groups (broad SMARTS) is 1. The van der Waals surface area contributed by atoms with Gasteiger partial charge in [0.2, 0.25) is 5.91 Å². The molecule has 3 heterocycles. The lowest BCUT2D eigenvalue weighted by molar-refractivity contribution is -0.127. The van der Waals surface area contributed by atoms with Crippen molar-refractivity contribution in [2.75, 3.05) is 13.1 Å². The van der Waals surface area contributed by atoms with Crippen molar-refractivity contribution in [1.82, 2.24) is 19.2 Å². The van der Waals surface area contributed by atoms with Crippen molar-refractivity contribution in [2.24, 2.45) is 5.92 Å². The molecule has 2 N–H and O–H groups in total. The highest BCUT2D eigenvalue weighted by Crippen LogP contribution is 2.27. The molecule has 0 saturated heterocycles. The predicted molar refractivity (Wildman–Crippen MR) is 112 cm³/mol. The summed E-state index contributed by atoms with van der Waals surface area (Å²) in [6.45, 7) is 3.40. The Labute approximate surface area is 179 Å². The van der Waals surface area contributed by atoms with Gasteiger partial charge in [-0.15, -0.1) is 11.3 Å². The Bertz CT molecular complexity index is 994. The van der Waals surface area contributed by atoms with Crippen LogP contribution in [0.3, 0.4) is 0 Å². The molecule has 0 aromatic carbocycles. The Morgan fingerprint density at radius 3 is 2.70 bits per heavy atom. The molecule has 9 nitrogen and oxygen atoms in total. The van der Waals surface area contributed by atoms with E-state index in [4.69, 9.17) is 9.90 Å². The molecule has 1 saturated carbocycles. The minimum absolute atomic E-state index is 0.114. The van der Waals surface area contributed by atoms with E-state index in [0.717, 1.165) is 36.3 Å². The quantitative estimate of drug-likeness (QED) is 0.662. The Morgan fingerprint density at radius 1 is 1.37 bits per heavy atom. The summed E-state index contributed by atoms with van der Waals surface area (Å²) in [5.41, 5.74) is 1.73. The van der Waals surface area contributed by atoms with Crippen molar-refractivity contribution >= 4 is 33.7 Å². The molecule has 1 amide bonds. The fourth-order valence-electron chi connectivity index (χ4n) is 3.59. The largest absolute Gasteiger partial charge is 0.483 e. The number of fused-ring (bicyclic) bond motifs is 1. The second-order valence-electron chi connectivity index (χ2n) is 7.31. The monoisotopic (exact) mass is 454 g/mol. The molecule has 0 bridgehead atoms. The lowest BCUT2D eigenvalue weighted by atomic mass is 9.85. The number of amides is 1.